The number of benzene rings is 1. The summed E-state index contributed by atoms with van der Waals surface area (Å²) in [6.45, 7) is 4.32. The van der Waals surface area contributed by atoms with Crippen LogP contribution >= 0.6 is 0 Å². The minimum Gasteiger partial charge on any atom is -0.508 e. The van der Waals surface area contributed by atoms with Crippen molar-refractivity contribution in [2.75, 3.05) is 19.7 Å². The molecule has 0 saturated carbocycles. The van der Waals surface area contributed by atoms with Gasteiger partial charge in [-0.1, -0.05) is 23.4 Å². The summed E-state index contributed by atoms with van der Waals surface area (Å²) in [5.74, 6) is -1.72. The van der Waals surface area contributed by atoms with Crippen molar-refractivity contribution in [3.63, 3.8) is 0 Å². The zero-order valence-electron chi connectivity index (χ0n) is 21.3. The van der Waals surface area contributed by atoms with Gasteiger partial charge in [-0.3, -0.25) is 9.59 Å². The highest BCUT2D eigenvalue weighted by Gasteiger charge is 2.23. The number of hydrogen-bond acceptors (Lipinski definition) is 8. The Morgan fingerprint density at radius 1 is 1.16 bits per heavy atom. The molecular formula is C27H35N3O7. The first-order valence-corrected chi connectivity index (χ1v) is 12.6. The minimum atomic E-state index is -0.742. The highest BCUT2D eigenvalue weighted by Crippen LogP contribution is 2.29. The van der Waals surface area contributed by atoms with Crippen LogP contribution in [0.5, 0.6) is 11.5 Å². The number of phenols is 2. The van der Waals surface area contributed by atoms with Gasteiger partial charge >= 0.3 is 5.97 Å². The molecular weight excluding hydrogens is 478 g/mol. The Morgan fingerprint density at radius 3 is 2.65 bits per heavy atom. The first-order chi connectivity index (χ1) is 17.7. The molecule has 3 N–H and O–H groups in total. The smallest absolute Gasteiger partial charge is 0.342 e. The van der Waals surface area contributed by atoms with Crippen LogP contribution in [0.4, 0.5) is 0 Å². The number of piperidine rings is 1. The largest absolute Gasteiger partial charge is 0.508 e. The number of oxime groups is 1. The third-order valence-electron chi connectivity index (χ3n) is 6.07. The van der Waals surface area contributed by atoms with E-state index in [1.165, 1.54) is 13.0 Å². The molecule has 0 radical (unpaired) electrons. The van der Waals surface area contributed by atoms with E-state index in [2.05, 4.69) is 10.5 Å². The molecule has 0 aromatic heterocycles. The fourth-order valence-electron chi connectivity index (χ4n) is 4.29. The standard InChI is InChI=1S/C27H35N3O7/c1-18-8-6-9-21(28-19(2)31)10-7-11-22(29-36-17-25(34)30-12-4-3-5-13-30)14-20-15-23(32)16-24(33)26(20)27(35)37-18/h6-7,9,11,15-16,18,21,32-33H,3-5,8,10,12-14,17H2,1-2H3,(H,28,31)/t18-,21+/m1/s1. The summed E-state index contributed by atoms with van der Waals surface area (Å²) in [7, 11) is 0. The van der Waals surface area contributed by atoms with E-state index in [1.54, 1.807) is 24.0 Å². The molecule has 0 unspecified atom stereocenters. The van der Waals surface area contributed by atoms with E-state index in [0.717, 1.165) is 25.3 Å². The summed E-state index contributed by atoms with van der Waals surface area (Å²) in [5, 5.41) is 27.5. The minimum absolute atomic E-state index is 0.00974. The number of ether oxygens (including phenoxy) is 1. The number of nitrogens with one attached hydrogen (secondary N) is 1. The Bertz CT molecular complexity index is 1070. The highest BCUT2D eigenvalue weighted by molar-refractivity contribution is 6.00. The molecule has 3 rings (SSSR count). The molecule has 0 aliphatic carbocycles. The fraction of sp³-hybridized carbons (Fsp3) is 0.481. The highest BCUT2D eigenvalue weighted by atomic mass is 16.6. The zero-order valence-corrected chi connectivity index (χ0v) is 21.3. The van der Waals surface area contributed by atoms with E-state index in [-0.39, 0.29) is 47.8 Å². The average molecular weight is 514 g/mol. The summed E-state index contributed by atoms with van der Waals surface area (Å²) < 4.78 is 5.52. The number of nitrogens with zero attached hydrogens (tertiary/aromatic N) is 2. The second-order valence-electron chi connectivity index (χ2n) is 9.30. The SMILES string of the molecule is CC(=O)N[C@H]1C=CC[C@@H](C)OC(=O)c2c(O)cc(O)cc2CC(=NOCC(=O)N2CCCCC2)C=CC1. The molecule has 1 saturated heterocycles. The van der Waals surface area contributed by atoms with E-state index in [1.807, 2.05) is 12.2 Å². The fourth-order valence-corrected chi connectivity index (χ4v) is 4.29. The second kappa shape index (κ2) is 13.5. The molecule has 2 heterocycles. The zero-order chi connectivity index (χ0) is 26.8. The first kappa shape index (κ1) is 27.8. The number of aromatic hydroxyl groups is 2. The molecule has 37 heavy (non-hydrogen) atoms. The van der Waals surface area contributed by atoms with Crippen molar-refractivity contribution in [3.8, 4) is 11.5 Å². The summed E-state index contributed by atoms with van der Waals surface area (Å²) >= 11 is 0. The first-order valence-electron chi connectivity index (χ1n) is 12.6. The van der Waals surface area contributed by atoms with Crippen LogP contribution in [0.1, 0.15) is 61.9 Å². The lowest BCUT2D eigenvalue weighted by Gasteiger charge is -2.26. The van der Waals surface area contributed by atoms with E-state index in [9.17, 15) is 24.6 Å². The lowest BCUT2D eigenvalue weighted by Crippen LogP contribution is -2.37. The number of phenolic OH excluding ortho intramolecular Hbond substituents is 2. The lowest BCUT2D eigenvalue weighted by atomic mass is 9.99. The van der Waals surface area contributed by atoms with Gasteiger partial charge in [0.2, 0.25) is 5.91 Å². The molecule has 0 bridgehead atoms. The molecule has 10 heteroatoms. The molecule has 1 aromatic rings. The van der Waals surface area contributed by atoms with Gasteiger partial charge in [-0.05, 0) is 50.3 Å². The van der Waals surface area contributed by atoms with Crippen LogP contribution in [0, 0.1) is 0 Å². The summed E-state index contributed by atoms with van der Waals surface area (Å²) in [5.41, 5.74) is 0.559. The quantitative estimate of drug-likeness (QED) is 0.320. The maximum absolute atomic E-state index is 12.9. The number of carbonyl (C=O) groups excluding carboxylic acids is 3. The van der Waals surface area contributed by atoms with Gasteiger partial charge in [0.25, 0.3) is 5.91 Å². The lowest BCUT2D eigenvalue weighted by molar-refractivity contribution is -0.137. The van der Waals surface area contributed by atoms with Crippen LogP contribution < -0.4 is 5.32 Å². The summed E-state index contributed by atoms with van der Waals surface area (Å²) in [6.07, 6.45) is 10.5. The van der Waals surface area contributed by atoms with Crippen molar-refractivity contribution in [2.45, 2.75) is 64.5 Å². The predicted octanol–water partition coefficient (Wildman–Crippen LogP) is 2.98. The van der Waals surface area contributed by atoms with Gasteiger partial charge in [-0.2, -0.15) is 0 Å². The van der Waals surface area contributed by atoms with Crippen LogP contribution in [0.25, 0.3) is 0 Å². The van der Waals surface area contributed by atoms with Crippen LogP contribution in [-0.2, 0) is 25.6 Å². The monoisotopic (exact) mass is 513 g/mol. The van der Waals surface area contributed by atoms with E-state index >= 15 is 0 Å². The number of carbonyl (C=O) groups is 3. The normalized spacial score (nSPS) is 22.1. The Balaban J connectivity index is 1.89. The van der Waals surface area contributed by atoms with Crippen molar-refractivity contribution in [2.24, 2.45) is 5.16 Å². The third kappa shape index (κ3) is 8.66. The second-order valence-corrected chi connectivity index (χ2v) is 9.30. The third-order valence-corrected chi connectivity index (χ3v) is 6.07. The van der Waals surface area contributed by atoms with Gasteiger partial charge in [0, 0.05) is 38.9 Å². The van der Waals surface area contributed by atoms with Crippen LogP contribution in [0.3, 0.4) is 0 Å². The number of hydrogen-bond donors (Lipinski definition) is 3. The Labute approximate surface area is 216 Å². The van der Waals surface area contributed by atoms with E-state index < -0.39 is 17.8 Å². The van der Waals surface area contributed by atoms with Crippen LogP contribution in [0.2, 0.25) is 0 Å². The molecule has 1 fully saturated rings. The van der Waals surface area contributed by atoms with Gasteiger partial charge < -0.3 is 30.0 Å². The number of allylic oxidation sites excluding steroid dienone is 1. The van der Waals surface area contributed by atoms with E-state index in [0.29, 0.717) is 31.6 Å². The molecule has 2 atom stereocenters. The summed E-state index contributed by atoms with van der Waals surface area (Å²) in [4.78, 5) is 44.2. The maximum Gasteiger partial charge on any atom is 0.342 e. The van der Waals surface area contributed by atoms with Crippen molar-refractivity contribution < 1.29 is 34.2 Å². The molecule has 200 valence electrons. The number of likely N-dealkylation sites (tertiary alicyclic amines) is 1. The van der Waals surface area contributed by atoms with Crippen LogP contribution in [-0.4, -0.2) is 70.5 Å². The van der Waals surface area contributed by atoms with E-state index in [4.69, 9.17) is 9.57 Å². The van der Waals surface area contributed by atoms with Crippen molar-refractivity contribution >= 4 is 23.5 Å². The van der Waals surface area contributed by atoms with Crippen molar-refractivity contribution in [3.05, 3.63) is 47.6 Å². The van der Waals surface area contributed by atoms with Crippen LogP contribution in [0.15, 0.2) is 41.6 Å². The molecule has 2 amide bonds. The number of amides is 2. The summed E-state index contributed by atoms with van der Waals surface area (Å²) in [6, 6.07) is 2.14. The number of fused-ring (bicyclic) bond motifs is 1. The Hall–Kier alpha value is -3.82. The van der Waals surface area contributed by atoms with Gasteiger partial charge in [-0.15, -0.1) is 0 Å². The Kier molecular flexibility index (Phi) is 10.1. The van der Waals surface area contributed by atoms with Gasteiger partial charge in [0.05, 0.1) is 11.8 Å². The Morgan fingerprint density at radius 2 is 1.92 bits per heavy atom. The maximum atomic E-state index is 12.9. The molecule has 0 spiro atoms. The predicted molar refractivity (Wildman–Crippen MR) is 137 cm³/mol. The molecule has 2 aliphatic heterocycles. The van der Waals surface area contributed by atoms with Crippen molar-refractivity contribution in [1.82, 2.24) is 10.2 Å². The van der Waals surface area contributed by atoms with Gasteiger partial charge in [0.1, 0.15) is 23.2 Å². The van der Waals surface area contributed by atoms with Gasteiger partial charge in [0.15, 0.2) is 6.61 Å². The topological polar surface area (TPSA) is 138 Å². The van der Waals surface area contributed by atoms with Gasteiger partial charge in [-0.25, -0.2) is 4.79 Å². The molecule has 1 aromatic carbocycles. The molecule has 10 nitrogen and oxygen atoms in total. The molecule has 2 aliphatic rings. The number of esters is 1. The number of cyclic esters (lactones) is 1. The average Bonchev–Trinajstić information content (AvgIpc) is 2.82. The van der Waals surface area contributed by atoms with Crippen molar-refractivity contribution in [1.29, 1.82) is 0 Å². The number of rotatable bonds is 4.